The number of fused-ring (bicyclic) bond motifs is 4. The first-order valence-corrected chi connectivity index (χ1v) is 17.2. The Morgan fingerprint density at radius 2 is 0.917 bits per heavy atom. The smallest absolute Gasteiger partial charge is 0.0554 e. The van der Waals surface area contributed by atoms with E-state index < -0.39 is 0 Å². The minimum atomic E-state index is 1.13. The van der Waals surface area contributed by atoms with Crippen LogP contribution in [0.15, 0.2) is 188 Å². The summed E-state index contributed by atoms with van der Waals surface area (Å²) in [5.74, 6) is 0. The van der Waals surface area contributed by atoms with E-state index in [2.05, 4.69) is 193 Å². The highest BCUT2D eigenvalue weighted by molar-refractivity contribution is 7.26. The maximum absolute atomic E-state index is 2.41. The highest BCUT2D eigenvalue weighted by atomic mass is 32.1. The van der Waals surface area contributed by atoms with Gasteiger partial charge in [0.05, 0.1) is 5.69 Å². The average molecular weight is 630 g/mol. The molecule has 0 aliphatic carbocycles. The van der Waals surface area contributed by atoms with E-state index in [0.717, 1.165) is 11.4 Å². The second kappa shape index (κ2) is 12.0. The first-order chi connectivity index (χ1) is 23.8. The summed E-state index contributed by atoms with van der Waals surface area (Å²) in [7, 11) is 0. The Hall–Kier alpha value is -5.96. The van der Waals surface area contributed by atoms with Gasteiger partial charge in [0, 0.05) is 31.5 Å². The molecule has 9 rings (SSSR count). The number of anilines is 3. The van der Waals surface area contributed by atoms with Crippen LogP contribution in [0.4, 0.5) is 17.1 Å². The summed E-state index contributed by atoms with van der Waals surface area (Å²) >= 11 is 1.86. The lowest BCUT2D eigenvalue weighted by Gasteiger charge is -2.27. The lowest BCUT2D eigenvalue weighted by Crippen LogP contribution is -2.10. The van der Waals surface area contributed by atoms with Gasteiger partial charge in [-0.05, 0) is 92.7 Å². The summed E-state index contributed by atoms with van der Waals surface area (Å²) in [4.78, 5) is 2.41. The quantitative estimate of drug-likeness (QED) is 0.177. The van der Waals surface area contributed by atoms with Crippen molar-refractivity contribution in [2.45, 2.75) is 0 Å². The zero-order chi connectivity index (χ0) is 31.9. The molecule has 0 bridgehead atoms. The van der Waals surface area contributed by atoms with E-state index in [1.807, 2.05) is 11.3 Å². The van der Waals surface area contributed by atoms with Crippen molar-refractivity contribution in [3.63, 3.8) is 0 Å². The third-order valence-corrected chi connectivity index (χ3v) is 10.4. The minimum Gasteiger partial charge on any atom is -0.310 e. The fraction of sp³-hybridized carbons (Fsp3) is 0. The highest BCUT2D eigenvalue weighted by Gasteiger charge is 2.19. The third kappa shape index (κ3) is 5.04. The van der Waals surface area contributed by atoms with Crippen LogP contribution in [0.1, 0.15) is 0 Å². The largest absolute Gasteiger partial charge is 0.310 e. The minimum absolute atomic E-state index is 1.13. The van der Waals surface area contributed by atoms with Crippen molar-refractivity contribution in [1.29, 1.82) is 0 Å². The van der Waals surface area contributed by atoms with Crippen LogP contribution >= 0.6 is 11.3 Å². The number of nitrogens with zero attached hydrogens (tertiary/aromatic N) is 1. The van der Waals surface area contributed by atoms with Crippen LogP contribution in [-0.4, -0.2) is 0 Å². The summed E-state index contributed by atoms with van der Waals surface area (Å²) in [6, 6.07) is 68.1. The number of thiophene rings is 1. The first-order valence-electron chi connectivity index (χ1n) is 16.3. The van der Waals surface area contributed by atoms with Crippen LogP contribution in [0, 0.1) is 0 Å². The molecule has 8 aromatic carbocycles. The second-order valence-electron chi connectivity index (χ2n) is 12.2. The SMILES string of the molecule is c1ccc(-c2ccc(N(c3ccc(-c4cccc5cc(-c6ccccc6)ccc45)cc3)c3cccc4sc5ccccc5c34)cc2)cc1. The standard InChI is InChI=1S/C46H31NS/c1-3-11-32(12-4-1)34-21-26-38(27-22-34)47(43-18-10-20-45-46(43)42-16-7-8-19-44(42)48-45)39-28-23-35(24-29-39)40-17-9-15-37-31-36(25-30-41(37)40)33-13-5-2-6-14-33/h1-31H. The highest BCUT2D eigenvalue weighted by Crippen LogP contribution is 2.45. The summed E-state index contributed by atoms with van der Waals surface area (Å²) in [6.07, 6.45) is 0. The average Bonchev–Trinajstić information content (AvgIpc) is 3.55. The second-order valence-corrected chi connectivity index (χ2v) is 13.2. The number of rotatable bonds is 6. The van der Waals surface area contributed by atoms with Crippen molar-refractivity contribution in [3.05, 3.63) is 188 Å². The number of benzene rings is 8. The van der Waals surface area contributed by atoms with Crippen LogP contribution < -0.4 is 4.90 Å². The fourth-order valence-electron chi connectivity index (χ4n) is 6.94. The van der Waals surface area contributed by atoms with Gasteiger partial charge in [-0.25, -0.2) is 0 Å². The van der Waals surface area contributed by atoms with E-state index in [1.54, 1.807) is 0 Å². The van der Waals surface area contributed by atoms with E-state index in [9.17, 15) is 0 Å². The molecule has 0 unspecified atom stereocenters. The molecule has 0 atom stereocenters. The van der Waals surface area contributed by atoms with Crippen molar-refractivity contribution in [2.75, 3.05) is 4.90 Å². The molecule has 0 aliphatic rings. The van der Waals surface area contributed by atoms with Gasteiger partial charge in [0.15, 0.2) is 0 Å². The maximum Gasteiger partial charge on any atom is 0.0554 e. The molecule has 48 heavy (non-hydrogen) atoms. The Morgan fingerprint density at radius 1 is 0.354 bits per heavy atom. The zero-order valence-electron chi connectivity index (χ0n) is 26.3. The van der Waals surface area contributed by atoms with E-state index in [0.29, 0.717) is 0 Å². The summed E-state index contributed by atoms with van der Waals surface area (Å²) in [5, 5.41) is 5.08. The lowest BCUT2D eigenvalue weighted by atomic mass is 9.95. The lowest BCUT2D eigenvalue weighted by molar-refractivity contribution is 1.30. The fourth-order valence-corrected chi connectivity index (χ4v) is 8.07. The Bertz CT molecular complexity index is 2530. The van der Waals surface area contributed by atoms with E-state index in [1.165, 1.54) is 70.0 Å². The maximum atomic E-state index is 2.41. The molecule has 1 aromatic heterocycles. The van der Waals surface area contributed by atoms with Gasteiger partial charge in [0.25, 0.3) is 0 Å². The topological polar surface area (TPSA) is 3.24 Å². The van der Waals surface area contributed by atoms with E-state index in [4.69, 9.17) is 0 Å². The molecule has 0 saturated carbocycles. The molecule has 0 saturated heterocycles. The molecule has 1 heterocycles. The van der Waals surface area contributed by atoms with Crippen LogP contribution in [0.3, 0.4) is 0 Å². The van der Waals surface area contributed by atoms with Crippen LogP contribution in [-0.2, 0) is 0 Å². The molecule has 0 spiro atoms. The predicted octanol–water partition coefficient (Wildman–Crippen LogP) is 13.7. The summed E-state index contributed by atoms with van der Waals surface area (Å²) in [5.41, 5.74) is 10.8. The molecule has 0 N–H and O–H groups in total. The van der Waals surface area contributed by atoms with Crippen molar-refractivity contribution in [1.82, 2.24) is 0 Å². The molecule has 2 heteroatoms. The van der Waals surface area contributed by atoms with Gasteiger partial charge in [-0.3, -0.25) is 0 Å². The van der Waals surface area contributed by atoms with Gasteiger partial charge in [0.2, 0.25) is 0 Å². The monoisotopic (exact) mass is 629 g/mol. The van der Waals surface area contributed by atoms with E-state index in [-0.39, 0.29) is 0 Å². The van der Waals surface area contributed by atoms with Gasteiger partial charge in [0.1, 0.15) is 0 Å². The Balaban J connectivity index is 1.16. The van der Waals surface area contributed by atoms with Crippen molar-refractivity contribution >= 4 is 59.3 Å². The number of hydrogen-bond acceptors (Lipinski definition) is 2. The van der Waals surface area contributed by atoms with Gasteiger partial charge >= 0.3 is 0 Å². The Morgan fingerprint density at radius 3 is 1.65 bits per heavy atom. The molecule has 0 amide bonds. The van der Waals surface area contributed by atoms with Crippen LogP contribution in [0.5, 0.6) is 0 Å². The molecule has 1 nitrogen and oxygen atoms in total. The van der Waals surface area contributed by atoms with Crippen molar-refractivity contribution in [3.8, 4) is 33.4 Å². The third-order valence-electron chi connectivity index (χ3n) is 9.28. The predicted molar refractivity (Wildman–Crippen MR) is 208 cm³/mol. The molecule has 0 aliphatic heterocycles. The van der Waals surface area contributed by atoms with Gasteiger partial charge < -0.3 is 4.90 Å². The van der Waals surface area contributed by atoms with E-state index >= 15 is 0 Å². The number of hydrogen-bond donors (Lipinski definition) is 0. The molecular formula is C46H31NS. The van der Waals surface area contributed by atoms with Crippen molar-refractivity contribution < 1.29 is 0 Å². The Kier molecular flexibility index (Phi) is 7.07. The zero-order valence-corrected chi connectivity index (χ0v) is 27.1. The van der Waals surface area contributed by atoms with Gasteiger partial charge in [-0.2, -0.15) is 0 Å². The van der Waals surface area contributed by atoms with Gasteiger partial charge in [-0.15, -0.1) is 11.3 Å². The molecule has 0 fully saturated rings. The Labute approximate surface area is 284 Å². The molecule has 0 radical (unpaired) electrons. The van der Waals surface area contributed by atoms with Crippen molar-refractivity contribution in [2.24, 2.45) is 0 Å². The van der Waals surface area contributed by atoms with Gasteiger partial charge in [-0.1, -0.05) is 140 Å². The molecular weight excluding hydrogens is 599 g/mol. The summed E-state index contributed by atoms with van der Waals surface area (Å²) in [6.45, 7) is 0. The normalized spacial score (nSPS) is 11.3. The summed E-state index contributed by atoms with van der Waals surface area (Å²) < 4.78 is 2.60. The van der Waals surface area contributed by atoms with Crippen LogP contribution in [0.2, 0.25) is 0 Å². The van der Waals surface area contributed by atoms with Crippen LogP contribution in [0.25, 0.3) is 64.3 Å². The molecule has 9 aromatic rings. The first kappa shape index (κ1) is 28.3. The molecule has 226 valence electrons.